The third-order valence-corrected chi connectivity index (χ3v) is 4.54. The van der Waals surface area contributed by atoms with E-state index in [4.69, 9.17) is 0 Å². The molecular weight excluding hydrogens is 504 g/mol. The first kappa shape index (κ1) is 31.5. The average Bonchev–Trinajstić information content (AvgIpc) is 2.72. The van der Waals surface area contributed by atoms with Crippen LogP contribution in [0.15, 0.2) is 0 Å². The fourth-order valence-electron chi connectivity index (χ4n) is 2.62. The molecule has 2 aliphatic rings. The maximum atomic E-state index is 10.8. The molecule has 0 aromatic heterocycles. The molecular formula is C20H28F6OPRh-. The number of carbonyl (C=O) groups excluding carboxylic acids is 1. The minimum Gasteiger partial charge on any atom is 0 e. The van der Waals surface area contributed by atoms with Crippen molar-refractivity contribution in [1.29, 1.82) is 0 Å². The quantitative estimate of drug-likeness (QED) is 0.151. The van der Waals surface area contributed by atoms with Gasteiger partial charge in [0.2, 0.25) is 0 Å². The molecule has 171 valence electrons. The van der Waals surface area contributed by atoms with Crippen molar-refractivity contribution < 1.29 is 49.5 Å². The first-order valence-corrected chi connectivity index (χ1v) is 10.7. The second-order valence-electron chi connectivity index (χ2n) is 6.99. The standard InChI is InChI=1S/C10H13O.C10H15.F6P.Rh/c1-9(11)8-10-6-4-2-3-5-7-10;1-6-7(2)9(4)10(5)8(6)3;1-7(2,3,4,5)6;/h2-6,10H,7-8H2,1H3;1-5H3;;/q;;-1;. The summed E-state index contributed by atoms with van der Waals surface area (Å²) in [6.07, 6.45) is 11.9. The Labute approximate surface area is 185 Å². The van der Waals surface area contributed by atoms with Gasteiger partial charge in [0.15, 0.2) is 0 Å². The molecule has 2 aliphatic carbocycles. The minimum absolute atomic E-state index is 0. The van der Waals surface area contributed by atoms with Crippen LogP contribution >= 0.6 is 7.81 Å². The Balaban J connectivity index is 0. The molecule has 2 saturated carbocycles. The monoisotopic (exact) mass is 532 g/mol. The van der Waals surface area contributed by atoms with Crippen LogP contribution in [-0.4, -0.2) is 5.78 Å². The average molecular weight is 532 g/mol. The zero-order valence-electron chi connectivity index (χ0n) is 17.3. The Bertz CT molecular complexity index is 432. The van der Waals surface area contributed by atoms with Crippen LogP contribution < -0.4 is 0 Å². The van der Waals surface area contributed by atoms with E-state index in [-0.39, 0.29) is 25.3 Å². The summed E-state index contributed by atoms with van der Waals surface area (Å²) >= 11 is 0. The number of carbonyl (C=O) groups is 1. The molecule has 9 heteroatoms. The first-order chi connectivity index (χ1) is 12.3. The van der Waals surface area contributed by atoms with Crippen molar-refractivity contribution in [2.24, 2.45) is 5.92 Å². The fourth-order valence-corrected chi connectivity index (χ4v) is 2.62. The molecule has 1 unspecified atom stereocenters. The van der Waals surface area contributed by atoms with E-state index in [1.165, 1.54) is 29.6 Å². The summed E-state index contributed by atoms with van der Waals surface area (Å²) in [7, 11) is -10.7. The summed E-state index contributed by atoms with van der Waals surface area (Å²) in [5, 5.41) is 0. The number of Topliss-reactive ketones (excluding diaryl/α,β-unsaturated/α-hetero) is 1. The smallest absolute Gasteiger partial charge is 0 e. The Kier molecular flexibility index (Phi) is 12.2. The number of hydrogen-bond donors (Lipinski definition) is 0. The third-order valence-electron chi connectivity index (χ3n) is 4.54. The number of hydrogen-bond acceptors (Lipinski definition) is 1. The summed E-state index contributed by atoms with van der Waals surface area (Å²) in [6.45, 7) is 12.6. The van der Waals surface area contributed by atoms with Gasteiger partial charge in [-0.15, -0.1) is 0 Å². The van der Waals surface area contributed by atoms with Crippen molar-refractivity contribution in [2.75, 3.05) is 0 Å². The molecule has 2 fully saturated rings. The van der Waals surface area contributed by atoms with Gasteiger partial charge in [-0.3, -0.25) is 0 Å². The van der Waals surface area contributed by atoms with Crippen molar-refractivity contribution in [3.8, 4) is 0 Å². The van der Waals surface area contributed by atoms with Crippen LogP contribution in [0, 0.1) is 67.6 Å². The Morgan fingerprint density at radius 3 is 1.48 bits per heavy atom. The van der Waals surface area contributed by atoms with Gasteiger partial charge in [0.05, 0.1) is 0 Å². The molecule has 2 rings (SSSR count). The van der Waals surface area contributed by atoms with Gasteiger partial charge in [-0.1, -0.05) is 34.6 Å². The van der Waals surface area contributed by atoms with Crippen LogP contribution in [0.4, 0.5) is 25.2 Å². The molecule has 1 atom stereocenters. The summed E-state index contributed by atoms with van der Waals surface area (Å²) in [4.78, 5) is 10.8. The van der Waals surface area contributed by atoms with Crippen LogP contribution in [0.25, 0.3) is 0 Å². The predicted molar refractivity (Wildman–Crippen MR) is 103 cm³/mol. The molecule has 0 amide bonds. The molecule has 0 saturated heterocycles. The van der Waals surface area contributed by atoms with Gasteiger partial charge in [-0.25, -0.2) is 0 Å². The third kappa shape index (κ3) is 17.7. The molecule has 0 bridgehead atoms. The normalized spacial score (nSPS) is 23.4. The Morgan fingerprint density at radius 2 is 1.17 bits per heavy atom. The van der Waals surface area contributed by atoms with Gasteiger partial charge >= 0.3 is 33.0 Å². The van der Waals surface area contributed by atoms with E-state index in [1.807, 2.05) is 19.3 Å². The fraction of sp³-hybridized carbons (Fsp3) is 0.450. The first-order valence-electron chi connectivity index (χ1n) is 8.71. The largest absolute Gasteiger partial charge is 0 e. The van der Waals surface area contributed by atoms with Crippen molar-refractivity contribution in [3.63, 3.8) is 0 Å². The van der Waals surface area contributed by atoms with E-state index >= 15 is 0 Å². The Hall–Kier alpha value is 0.303. The van der Waals surface area contributed by atoms with Crippen LogP contribution in [0.2, 0.25) is 0 Å². The van der Waals surface area contributed by atoms with Gasteiger partial charge < -0.3 is 4.79 Å². The molecule has 29 heavy (non-hydrogen) atoms. The second-order valence-corrected chi connectivity index (χ2v) is 8.91. The molecule has 0 aromatic rings. The van der Waals surface area contributed by atoms with Crippen LogP contribution in [0.3, 0.4) is 0 Å². The minimum atomic E-state index is -10.7. The van der Waals surface area contributed by atoms with Crippen molar-refractivity contribution in [3.05, 3.63) is 61.7 Å². The molecule has 0 aliphatic heterocycles. The van der Waals surface area contributed by atoms with E-state index in [1.54, 1.807) is 6.92 Å². The topological polar surface area (TPSA) is 17.1 Å². The zero-order valence-corrected chi connectivity index (χ0v) is 19.9. The summed E-state index contributed by atoms with van der Waals surface area (Å²) in [6, 6.07) is 0. The maximum absolute atomic E-state index is 10.8. The molecule has 0 spiro atoms. The second kappa shape index (κ2) is 11.3. The van der Waals surface area contributed by atoms with Crippen LogP contribution in [-0.2, 0) is 24.3 Å². The molecule has 0 heterocycles. The molecule has 0 aromatic carbocycles. The van der Waals surface area contributed by atoms with Gasteiger partial charge in [0.25, 0.3) is 0 Å². The van der Waals surface area contributed by atoms with Gasteiger partial charge in [-0.2, -0.15) is 0 Å². The van der Waals surface area contributed by atoms with E-state index in [2.05, 4.69) is 47.5 Å². The van der Waals surface area contributed by atoms with Crippen LogP contribution in [0.5, 0.6) is 0 Å². The SMILES string of the molecule is CC(=O)CC1[CH][CH][CH][CH][CH]C1.C[C]1[C](C)[C](C)[C](C)[C]1C.F[P-](F)(F)(F)(F)F.[Rh]. The van der Waals surface area contributed by atoms with E-state index < -0.39 is 7.81 Å². The van der Waals surface area contributed by atoms with Crippen molar-refractivity contribution >= 4 is 13.6 Å². The number of ketones is 1. The maximum Gasteiger partial charge on any atom is 0 e. The van der Waals surface area contributed by atoms with Crippen LogP contribution in [0.1, 0.15) is 54.4 Å². The number of halogens is 6. The molecule has 11 radical (unpaired) electrons. The van der Waals surface area contributed by atoms with E-state index in [0.717, 1.165) is 6.42 Å². The van der Waals surface area contributed by atoms with E-state index in [9.17, 15) is 30.0 Å². The van der Waals surface area contributed by atoms with Gasteiger partial charge in [0, 0.05) is 25.9 Å². The van der Waals surface area contributed by atoms with Crippen molar-refractivity contribution in [2.45, 2.75) is 54.4 Å². The predicted octanol–water partition coefficient (Wildman–Crippen LogP) is 8.36. The summed E-state index contributed by atoms with van der Waals surface area (Å²) in [5.41, 5.74) is 0. The summed E-state index contributed by atoms with van der Waals surface area (Å²) in [5.74, 6) is 8.03. The van der Waals surface area contributed by atoms with Gasteiger partial charge in [-0.05, 0) is 81.0 Å². The summed E-state index contributed by atoms with van der Waals surface area (Å²) < 4.78 is 59.2. The Morgan fingerprint density at radius 1 is 0.828 bits per heavy atom. The van der Waals surface area contributed by atoms with Gasteiger partial charge in [0.1, 0.15) is 5.78 Å². The van der Waals surface area contributed by atoms with E-state index in [0.29, 0.717) is 12.3 Å². The molecule has 0 N–H and O–H groups in total. The van der Waals surface area contributed by atoms with Crippen molar-refractivity contribution in [1.82, 2.24) is 0 Å². The molecule has 1 nitrogen and oxygen atoms in total. The zero-order chi connectivity index (χ0) is 22.4. The number of rotatable bonds is 2.